The lowest BCUT2D eigenvalue weighted by Gasteiger charge is -2.09. The average Bonchev–Trinajstić information content (AvgIpc) is 2.41. The van der Waals surface area contributed by atoms with Crippen LogP contribution in [0, 0.1) is 6.92 Å². The SMILES string of the molecule is CC[C@@H](O)c1ccc(Sc2ccccc2C)cc1. The van der Waals surface area contributed by atoms with Crippen molar-refractivity contribution in [3.05, 3.63) is 59.7 Å². The van der Waals surface area contributed by atoms with E-state index in [0.717, 1.165) is 12.0 Å². The Kier molecular flexibility index (Phi) is 4.45. The molecule has 1 atom stereocenters. The van der Waals surface area contributed by atoms with Crippen LogP contribution in [-0.4, -0.2) is 5.11 Å². The fourth-order valence-corrected chi connectivity index (χ4v) is 2.69. The molecule has 2 aromatic rings. The second-order valence-corrected chi connectivity index (χ2v) is 5.48. The molecule has 1 N–H and O–H groups in total. The van der Waals surface area contributed by atoms with Crippen molar-refractivity contribution in [2.75, 3.05) is 0 Å². The van der Waals surface area contributed by atoms with Crippen molar-refractivity contribution in [2.45, 2.75) is 36.2 Å². The molecule has 0 amide bonds. The summed E-state index contributed by atoms with van der Waals surface area (Å²) in [6.07, 6.45) is 0.409. The van der Waals surface area contributed by atoms with Crippen LogP contribution in [-0.2, 0) is 0 Å². The number of hydrogen-bond donors (Lipinski definition) is 1. The van der Waals surface area contributed by atoms with Crippen molar-refractivity contribution in [3.8, 4) is 0 Å². The first-order valence-corrected chi connectivity index (χ1v) is 7.04. The third-order valence-electron chi connectivity index (χ3n) is 2.97. The Morgan fingerprint density at radius 2 is 1.72 bits per heavy atom. The highest BCUT2D eigenvalue weighted by atomic mass is 32.2. The minimum Gasteiger partial charge on any atom is -0.388 e. The molecule has 0 fully saturated rings. The fraction of sp³-hybridized carbons (Fsp3) is 0.250. The maximum Gasteiger partial charge on any atom is 0.0787 e. The van der Waals surface area contributed by atoms with Gasteiger partial charge in [-0.15, -0.1) is 0 Å². The summed E-state index contributed by atoms with van der Waals surface area (Å²) in [6.45, 7) is 4.11. The van der Waals surface area contributed by atoms with Crippen molar-refractivity contribution >= 4 is 11.8 Å². The Labute approximate surface area is 113 Å². The summed E-state index contributed by atoms with van der Waals surface area (Å²) in [7, 11) is 0. The molecule has 2 heteroatoms. The predicted molar refractivity (Wildman–Crippen MR) is 77.0 cm³/mol. The summed E-state index contributed by atoms with van der Waals surface area (Å²) < 4.78 is 0. The van der Waals surface area contributed by atoms with Crippen LogP contribution in [0.1, 0.15) is 30.6 Å². The van der Waals surface area contributed by atoms with Gasteiger partial charge in [-0.2, -0.15) is 0 Å². The molecule has 18 heavy (non-hydrogen) atoms. The van der Waals surface area contributed by atoms with E-state index in [1.54, 1.807) is 11.8 Å². The minimum absolute atomic E-state index is 0.345. The van der Waals surface area contributed by atoms with E-state index in [2.05, 4.69) is 43.3 Å². The molecule has 0 aliphatic rings. The normalized spacial score (nSPS) is 12.4. The number of aliphatic hydroxyl groups excluding tert-OH is 1. The highest BCUT2D eigenvalue weighted by Crippen LogP contribution is 2.30. The number of aliphatic hydroxyl groups is 1. The van der Waals surface area contributed by atoms with E-state index in [0.29, 0.717) is 0 Å². The summed E-state index contributed by atoms with van der Waals surface area (Å²) in [5.74, 6) is 0. The Bertz CT molecular complexity index is 505. The van der Waals surface area contributed by atoms with Crippen LogP contribution in [0.25, 0.3) is 0 Å². The van der Waals surface area contributed by atoms with E-state index < -0.39 is 0 Å². The monoisotopic (exact) mass is 258 g/mol. The standard InChI is InChI=1S/C16H18OS/c1-3-15(17)13-8-10-14(11-9-13)18-16-7-5-4-6-12(16)2/h4-11,15,17H,3H2,1-2H3/t15-/m1/s1. The first kappa shape index (κ1) is 13.2. The van der Waals surface area contributed by atoms with Gasteiger partial charge in [-0.3, -0.25) is 0 Å². The van der Waals surface area contributed by atoms with E-state index in [1.165, 1.54) is 15.4 Å². The fourth-order valence-electron chi connectivity index (χ4n) is 1.79. The number of aryl methyl sites for hydroxylation is 1. The van der Waals surface area contributed by atoms with E-state index in [-0.39, 0.29) is 6.10 Å². The predicted octanol–water partition coefficient (Wildman–Crippen LogP) is 4.59. The number of benzene rings is 2. The second kappa shape index (κ2) is 6.07. The summed E-state index contributed by atoms with van der Waals surface area (Å²) in [6, 6.07) is 16.5. The van der Waals surface area contributed by atoms with Crippen molar-refractivity contribution in [3.63, 3.8) is 0 Å². The van der Waals surface area contributed by atoms with Crippen LogP contribution in [0.3, 0.4) is 0 Å². The van der Waals surface area contributed by atoms with E-state index >= 15 is 0 Å². The highest BCUT2D eigenvalue weighted by Gasteiger charge is 2.05. The molecular weight excluding hydrogens is 240 g/mol. The lowest BCUT2D eigenvalue weighted by Crippen LogP contribution is -1.94. The van der Waals surface area contributed by atoms with E-state index in [1.807, 2.05) is 19.1 Å². The van der Waals surface area contributed by atoms with E-state index in [9.17, 15) is 5.11 Å². The molecule has 0 saturated carbocycles. The van der Waals surface area contributed by atoms with Crippen LogP contribution in [0.15, 0.2) is 58.3 Å². The molecule has 0 aliphatic heterocycles. The number of rotatable bonds is 4. The summed E-state index contributed by atoms with van der Waals surface area (Å²) in [5, 5.41) is 9.75. The molecule has 0 unspecified atom stereocenters. The zero-order valence-electron chi connectivity index (χ0n) is 10.8. The molecule has 0 spiro atoms. The zero-order valence-corrected chi connectivity index (χ0v) is 11.6. The quantitative estimate of drug-likeness (QED) is 0.865. The van der Waals surface area contributed by atoms with Crippen molar-refractivity contribution in [1.82, 2.24) is 0 Å². The van der Waals surface area contributed by atoms with Crippen LogP contribution < -0.4 is 0 Å². The molecule has 0 aromatic heterocycles. The van der Waals surface area contributed by atoms with Crippen LogP contribution in [0.2, 0.25) is 0 Å². The average molecular weight is 258 g/mol. The van der Waals surface area contributed by atoms with Crippen molar-refractivity contribution in [1.29, 1.82) is 0 Å². The molecule has 2 rings (SSSR count). The van der Waals surface area contributed by atoms with Gasteiger partial charge in [0.15, 0.2) is 0 Å². The molecule has 2 aromatic carbocycles. The van der Waals surface area contributed by atoms with Gasteiger partial charge in [-0.25, -0.2) is 0 Å². The molecule has 1 nitrogen and oxygen atoms in total. The third-order valence-corrected chi connectivity index (χ3v) is 4.16. The van der Waals surface area contributed by atoms with Gasteiger partial charge >= 0.3 is 0 Å². The van der Waals surface area contributed by atoms with Gasteiger partial charge in [0, 0.05) is 9.79 Å². The summed E-state index contributed by atoms with van der Waals surface area (Å²) >= 11 is 1.76. The lowest BCUT2D eigenvalue weighted by molar-refractivity contribution is 0.173. The van der Waals surface area contributed by atoms with E-state index in [4.69, 9.17) is 0 Å². The van der Waals surface area contributed by atoms with Gasteiger partial charge in [0.2, 0.25) is 0 Å². The van der Waals surface area contributed by atoms with Crippen LogP contribution >= 0.6 is 11.8 Å². The number of hydrogen-bond acceptors (Lipinski definition) is 2. The molecular formula is C16H18OS. The molecule has 0 heterocycles. The van der Waals surface area contributed by atoms with Gasteiger partial charge in [-0.1, -0.05) is 49.0 Å². The Morgan fingerprint density at radius 3 is 2.33 bits per heavy atom. The molecule has 0 saturated heterocycles. The molecule has 0 aliphatic carbocycles. The summed E-state index contributed by atoms with van der Waals surface area (Å²) in [5.41, 5.74) is 2.28. The van der Waals surface area contributed by atoms with Crippen LogP contribution in [0.4, 0.5) is 0 Å². The van der Waals surface area contributed by atoms with Crippen molar-refractivity contribution in [2.24, 2.45) is 0 Å². The Balaban J connectivity index is 2.14. The van der Waals surface area contributed by atoms with Crippen LogP contribution in [0.5, 0.6) is 0 Å². The maximum absolute atomic E-state index is 9.75. The first-order chi connectivity index (χ1) is 8.70. The topological polar surface area (TPSA) is 20.2 Å². The van der Waals surface area contributed by atoms with Gasteiger partial charge in [0.05, 0.1) is 6.10 Å². The van der Waals surface area contributed by atoms with Crippen molar-refractivity contribution < 1.29 is 5.11 Å². The Morgan fingerprint density at radius 1 is 1.06 bits per heavy atom. The smallest absolute Gasteiger partial charge is 0.0787 e. The zero-order chi connectivity index (χ0) is 13.0. The van der Waals surface area contributed by atoms with Gasteiger partial charge < -0.3 is 5.11 Å². The molecule has 0 radical (unpaired) electrons. The minimum atomic E-state index is -0.345. The first-order valence-electron chi connectivity index (χ1n) is 6.22. The second-order valence-electron chi connectivity index (χ2n) is 4.36. The molecule has 94 valence electrons. The van der Waals surface area contributed by atoms with Gasteiger partial charge in [0.1, 0.15) is 0 Å². The largest absolute Gasteiger partial charge is 0.388 e. The lowest BCUT2D eigenvalue weighted by atomic mass is 10.1. The van der Waals surface area contributed by atoms with Gasteiger partial charge in [-0.05, 0) is 42.7 Å². The third kappa shape index (κ3) is 3.15. The van der Waals surface area contributed by atoms with Gasteiger partial charge in [0.25, 0.3) is 0 Å². The highest BCUT2D eigenvalue weighted by molar-refractivity contribution is 7.99. The summed E-state index contributed by atoms with van der Waals surface area (Å²) in [4.78, 5) is 2.48. The maximum atomic E-state index is 9.75. The Hall–Kier alpha value is -1.25. The molecule has 0 bridgehead atoms.